The smallest absolute Gasteiger partial charge is 0.358 e. The van der Waals surface area contributed by atoms with Gasteiger partial charge < -0.3 is 10.2 Å². The number of aliphatic imine (C=N–C) groups is 1. The molecule has 0 aliphatic carbocycles. The van der Waals surface area contributed by atoms with E-state index in [0.717, 1.165) is 17.4 Å². The van der Waals surface area contributed by atoms with Crippen LogP contribution in [0.3, 0.4) is 0 Å². The summed E-state index contributed by atoms with van der Waals surface area (Å²) in [5.41, 5.74) is 0.819. The van der Waals surface area contributed by atoms with E-state index in [9.17, 15) is 27.2 Å². The minimum atomic E-state index is -4.47. The molecule has 1 aliphatic heterocycles. The average Bonchev–Trinajstić information content (AvgIpc) is 2.87. The number of halogens is 4. The Balaban J connectivity index is 1.90. The van der Waals surface area contributed by atoms with Gasteiger partial charge in [0.1, 0.15) is 17.1 Å². The van der Waals surface area contributed by atoms with Crippen LogP contribution in [-0.2, 0) is 9.59 Å². The number of benzene rings is 1. The maximum atomic E-state index is 13.0. The normalized spacial score (nSPS) is 20.4. The summed E-state index contributed by atoms with van der Waals surface area (Å²) in [7, 11) is 0. The third kappa shape index (κ3) is 6.73. The summed E-state index contributed by atoms with van der Waals surface area (Å²) in [4.78, 5) is 28.5. The number of carbonyl (C=O) groups is 2. The van der Waals surface area contributed by atoms with Gasteiger partial charge in [0.15, 0.2) is 5.17 Å². The van der Waals surface area contributed by atoms with Crippen molar-refractivity contribution in [1.82, 2.24) is 10.2 Å². The molecule has 2 amide bonds. The molecule has 0 saturated carbocycles. The van der Waals surface area contributed by atoms with E-state index in [2.05, 4.69) is 10.3 Å². The second-order valence-electron chi connectivity index (χ2n) is 7.13. The molecule has 1 heterocycles. The van der Waals surface area contributed by atoms with E-state index in [-0.39, 0.29) is 37.2 Å². The third-order valence-electron chi connectivity index (χ3n) is 4.58. The van der Waals surface area contributed by atoms with Crippen LogP contribution in [0.2, 0.25) is 0 Å². The Morgan fingerprint density at radius 2 is 1.93 bits per heavy atom. The van der Waals surface area contributed by atoms with E-state index in [4.69, 9.17) is 0 Å². The van der Waals surface area contributed by atoms with Crippen LogP contribution in [0.5, 0.6) is 0 Å². The second-order valence-corrected chi connectivity index (χ2v) is 8.62. The number of nitrogens with one attached hydrogen (secondary N) is 1. The largest absolute Gasteiger partial charge is 0.406 e. The third-order valence-corrected chi connectivity index (χ3v) is 5.82. The molecule has 29 heavy (non-hydrogen) atoms. The van der Waals surface area contributed by atoms with Crippen LogP contribution in [0.15, 0.2) is 29.3 Å². The zero-order chi connectivity index (χ0) is 21.8. The predicted octanol–water partition coefficient (Wildman–Crippen LogP) is 4.06. The number of nitrogens with zero attached hydrogens (tertiary/aromatic N) is 2. The first-order valence-corrected chi connectivity index (χ1v) is 9.88. The quantitative estimate of drug-likeness (QED) is 0.659. The number of amides is 2. The van der Waals surface area contributed by atoms with Crippen molar-refractivity contribution < 1.29 is 27.2 Å². The van der Waals surface area contributed by atoms with E-state index in [1.165, 1.54) is 23.9 Å². The summed E-state index contributed by atoms with van der Waals surface area (Å²) < 4.78 is 49.8. The number of rotatable bonds is 7. The molecule has 0 saturated heterocycles. The maximum Gasteiger partial charge on any atom is 0.406 e. The summed E-state index contributed by atoms with van der Waals surface area (Å²) in [6.45, 7) is 3.22. The first-order chi connectivity index (χ1) is 13.4. The van der Waals surface area contributed by atoms with Gasteiger partial charge in [-0.05, 0) is 44.4 Å². The van der Waals surface area contributed by atoms with Gasteiger partial charge in [-0.25, -0.2) is 4.39 Å². The minimum absolute atomic E-state index is 0.0903. The summed E-state index contributed by atoms with van der Waals surface area (Å²) in [5, 5.41) is 3.52. The highest BCUT2D eigenvalue weighted by Crippen LogP contribution is 2.37. The number of thioether (sulfide) groups is 1. The lowest BCUT2D eigenvalue weighted by molar-refractivity contribution is -0.160. The average molecular weight is 433 g/mol. The van der Waals surface area contributed by atoms with Gasteiger partial charge in [-0.1, -0.05) is 23.9 Å². The zero-order valence-electron chi connectivity index (χ0n) is 16.3. The summed E-state index contributed by atoms with van der Waals surface area (Å²) in [5.74, 6) is -1.38. The molecule has 1 N–H and O–H groups in total. The molecule has 0 fully saturated rings. The van der Waals surface area contributed by atoms with Crippen LogP contribution in [0, 0.1) is 5.82 Å². The number of carbonyl (C=O) groups excluding carboxylic acids is 2. The van der Waals surface area contributed by atoms with Crippen molar-refractivity contribution in [3.63, 3.8) is 0 Å². The number of amidine groups is 1. The summed E-state index contributed by atoms with van der Waals surface area (Å²) in [6.07, 6.45) is -3.96. The Bertz CT molecular complexity index is 783. The number of alkyl halides is 3. The molecule has 0 bridgehead atoms. The van der Waals surface area contributed by atoms with Gasteiger partial charge in [-0.15, -0.1) is 0 Å². The zero-order valence-corrected chi connectivity index (χ0v) is 17.2. The highest BCUT2D eigenvalue weighted by molar-refractivity contribution is 8.16. The molecule has 2 atom stereocenters. The predicted molar refractivity (Wildman–Crippen MR) is 104 cm³/mol. The fourth-order valence-electron chi connectivity index (χ4n) is 2.90. The van der Waals surface area contributed by atoms with Crippen molar-refractivity contribution in [1.29, 1.82) is 0 Å². The molecule has 5 nitrogen and oxygen atoms in total. The monoisotopic (exact) mass is 433 g/mol. The minimum Gasteiger partial charge on any atom is -0.358 e. The molecular weight excluding hydrogens is 410 g/mol. The Labute approximate surface area is 170 Å². The van der Waals surface area contributed by atoms with Gasteiger partial charge in [0, 0.05) is 13.5 Å². The van der Waals surface area contributed by atoms with Crippen molar-refractivity contribution in [2.24, 2.45) is 4.99 Å². The van der Waals surface area contributed by atoms with Crippen molar-refractivity contribution in [3.05, 3.63) is 35.6 Å². The summed E-state index contributed by atoms with van der Waals surface area (Å²) >= 11 is 1.21. The van der Waals surface area contributed by atoms with Gasteiger partial charge in [0.05, 0.1) is 6.04 Å². The van der Waals surface area contributed by atoms with E-state index < -0.39 is 23.4 Å². The Kier molecular flexibility index (Phi) is 7.31. The fourth-order valence-corrected chi connectivity index (χ4v) is 4.07. The van der Waals surface area contributed by atoms with Crippen LogP contribution in [0.4, 0.5) is 17.6 Å². The van der Waals surface area contributed by atoms with E-state index in [1.807, 2.05) is 6.92 Å². The lowest BCUT2D eigenvalue weighted by Crippen LogP contribution is -2.39. The second kappa shape index (κ2) is 9.15. The Morgan fingerprint density at radius 1 is 1.31 bits per heavy atom. The van der Waals surface area contributed by atoms with E-state index in [0.29, 0.717) is 5.17 Å². The van der Waals surface area contributed by atoms with Crippen molar-refractivity contribution in [3.8, 4) is 0 Å². The molecule has 160 valence electrons. The molecule has 1 aliphatic rings. The van der Waals surface area contributed by atoms with Crippen molar-refractivity contribution >= 4 is 28.7 Å². The van der Waals surface area contributed by atoms with E-state index in [1.54, 1.807) is 19.1 Å². The molecular formula is C19H23F4N3O2S. The van der Waals surface area contributed by atoms with Crippen LogP contribution in [0.25, 0.3) is 0 Å². The van der Waals surface area contributed by atoms with Crippen molar-refractivity contribution in [2.45, 2.75) is 50.6 Å². The van der Waals surface area contributed by atoms with Gasteiger partial charge >= 0.3 is 6.18 Å². The van der Waals surface area contributed by atoms with Gasteiger partial charge in [0.2, 0.25) is 5.91 Å². The molecule has 0 aromatic heterocycles. The Hall–Kier alpha value is -2.10. The molecule has 1 aromatic carbocycles. The summed E-state index contributed by atoms with van der Waals surface area (Å²) in [6, 6.07) is 5.73. The number of hydrogen-bond donors (Lipinski definition) is 1. The van der Waals surface area contributed by atoms with Gasteiger partial charge in [0.25, 0.3) is 5.91 Å². The topological polar surface area (TPSA) is 61.8 Å². The van der Waals surface area contributed by atoms with Crippen LogP contribution in [-0.4, -0.2) is 45.9 Å². The van der Waals surface area contributed by atoms with Crippen LogP contribution < -0.4 is 5.32 Å². The first kappa shape index (κ1) is 23.2. The highest BCUT2D eigenvalue weighted by atomic mass is 32.2. The standard InChI is InChI=1S/C19H23F4N3O2S/c1-12(14-5-7-15(20)8-6-14)24-17-25-16(28)18(3,29-17)9-4-10-26(13(2)27)11-19(21,22)23/h5-8,12H,4,9-11H2,1-3H3,(H,24,25,28)/t12-,18?/m0/s1. The fraction of sp³-hybridized carbons (Fsp3) is 0.526. The Morgan fingerprint density at radius 3 is 2.48 bits per heavy atom. The number of hydrogen-bond acceptors (Lipinski definition) is 4. The first-order valence-electron chi connectivity index (χ1n) is 9.06. The molecule has 2 rings (SSSR count). The lowest BCUT2D eigenvalue weighted by atomic mass is 10.0. The van der Waals surface area contributed by atoms with Crippen LogP contribution >= 0.6 is 11.8 Å². The SMILES string of the molecule is CC(=O)N(CCCC1(C)SC(N[C@@H](C)c2ccc(F)cc2)=NC1=O)CC(F)(F)F. The molecule has 1 unspecified atom stereocenters. The molecule has 0 radical (unpaired) electrons. The molecule has 1 aromatic rings. The van der Waals surface area contributed by atoms with Gasteiger partial charge in [-0.2, -0.15) is 18.2 Å². The van der Waals surface area contributed by atoms with Gasteiger partial charge in [-0.3, -0.25) is 9.59 Å². The van der Waals surface area contributed by atoms with E-state index >= 15 is 0 Å². The van der Waals surface area contributed by atoms with Crippen molar-refractivity contribution in [2.75, 3.05) is 13.1 Å². The maximum absolute atomic E-state index is 13.0. The molecule has 10 heteroatoms. The highest BCUT2D eigenvalue weighted by Gasteiger charge is 2.41. The van der Waals surface area contributed by atoms with Crippen LogP contribution in [0.1, 0.15) is 45.2 Å². The lowest BCUT2D eigenvalue weighted by Gasteiger charge is -2.25. The molecule has 0 spiro atoms.